The minimum atomic E-state index is 0.230. The fourth-order valence-electron chi connectivity index (χ4n) is 2.43. The molecule has 68 valence electrons. The summed E-state index contributed by atoms with van der Waals surface area (Å²) in [7, 11) is 0. The Morgan fingerprint density at radius 3 is 2.75 bits per heavy atom. The number of amides is 1. The first-order valence-electron chi connectivity index (χ1n) is 4.84. The summed E-state index contributed by atoms with van der Waals surface area (Å²) in [6.07, 6.45) is 2.29. The molecule has 3 unspecified atom stereocenters. The predicted molar refractivity (Wildman–Crippen MR) is 47.6 cm³/mol. The van der Waals surface area contributed by atoms with E-state index < -0.39 is 0 Å². The van der Waals surface area contributed by atoms with Crippen molar-refractivity contribution in [2.75, 3.05) is 0 Å². The Hall–Kier alpha value is -0.530. The average molecular weight is 167 g/mol. The van der Waals surface area contributed by atoms with E-state index in [1.54, 1.807) is 0 Å². The summed E-state index contributed by atoms with van der Waals surface area (Å²) in [6, 6.07) is 0.468. The molecule has 0 spiro atoms. The maximum atomic E-state index is 11.4. The van der Waals surface area contributed by atoms with Crippen molar-refractivity contribution in [1.82, 2.24) is 5.32 Å². The quantitative estimate of drug-likeness (QED) is 0.583. The van der Waals surface area contributed by atoms with Crippen LogP contribution in [0, 0.1) is 17.3 Å². The smallest absolute Gasteiger partial charge is 0.223 e. The fraction of sp³-hybridized carbons (Fsp3) is 0.900. The number of hydrogen-bond acceptors (Lipinski definition) is 1. The number of nitrogens with one attached hydrogen (secondary N) is 1. The minimum absolute atomic E-state index is 0.230. The van der Waals surface area contributed by atoms with E-state index in [4.69, 9.17) is 0 Å². The van der Waals surface area contributed by atoms with Gasteiger partial charge in [-0.15, -0.1) is 0 Å². The Balaban J connectivity index is 2.09. The molecule has 1 heterocycles. The fourth-order valence-corrected chi connectivity index (χ4v) is 2.43. The van der Waals surface area contributed by atoms with E-state index >= 15 is 0 Å². The molecule has 2 rings (SSSR count). The summed E-state index contributed by atoms with van der Waals surface area (Å²) in [5.41, 5.74) is 0.371. The molecule has 1 aliphatic heterocycles. The Kier molecular flexibility index (Phi) is 1.51. The summed E-state index contributed by atoms with van der Waals surface area (Å²) in [6.45, 7) is 6.52. The van der Waals surface area contributed by atoms with Gasteiger partial charge in [-0.2, -0.15) is 0 Å². The molecule has 0 aromatic rings. The highest BCUT2D eigenvalue weighted by Gasteiger charge is 2.59. The number of carbonyl (C=O) groups is 1. The first-order valence-corrected chi connectivity index (χ1v) is 4.84. The molecule has 1 N–H and O–H groups in total. The van der Waals surface area contributed by atoms with Crippen molar-refractivity contribution in [3.05, 3.63) is 0 Å². The molecule has 2 fully saturated rings. The van der Waals surface area contributed by atoms with Crippen LogP contribution in [0.25, 0.3) is 0 Å². The third-order valence-corrected chi connectivity index (χ3v) is 3.71. The van der Waals surface area contributed by atoms with E-state index in [9.17, 15) is 4.79 Å². The molecule has 2 heteroatoms. The lowest BCUT2D eigenvalue weighted by Gasteiger charge is -2.11. The van der Waals surface area contributed by atoms with E-state index in [1.165, 1.54) is 6.42 Å². The van der Waals surface area contributed by atoms with Crippen LogP contribution >= 0.6 is 0 Å². The van der Waals surface area contributed by atoms with Gasteiger partial charge in [-0.05, 0) is 24.2 Å². The van der Waals surface area contributed by atoms with Gasteiger partial charge >= 0.3 is 0 Å². The SMILES string of the molecule is CC1CCC2C(NC1=O)C2(C)C. The first kappa shape index (κ1) is 8.09. The van der Waals surface area contributed by atoms with Gasteiger partial charge in [0.25, 0.3) is 0 Å². The summed E-state index contributed by atoms with van der Waals surface area (Å²) >= 11 is 0. The Bertz CT molecular complexity index is 222. The van der Waals surface area contributed by atoms with Crippen molar-refractivity contribution in [3.63, 3.8) is 0 Å². The van der Waals surface area contributed by atoms with Crippen LogP contribution in [0.2, 0.25) is 0 Å². The van der Waals surface area contributed by atoms with Crippen LogP contribution in [0.15, 0.2) is 0 Å². The molecule has 0 aromatic heterocycles. The Morgan fingerprint density at radius 2 is 2.08 bits per heavy atom. The number of carbonyl (C=O) groups excluding carboxylic acids is 1. The first-order chi connectivity index (χ1) is 5.53. The molecule has 2 nitrogen and oxygen atoms in total. The average Bonchev–Trinajstić information content (AvgIpc) is 2.53. The molecule has 1 amide bonds. The van der Waals surface area contributed by atoms with Gasteiger partial charge in [0, 0.05) is 12.0 Å². The molecule has 2 aliphatic rings. The van der Waals surface area contributed by atoms with E-state index in [-0.39, 0.29) is 11.8 Å². The summed E-state index contributed by atoms with van der Waals surface area (Å²) < 4.78 is 0. The molecule has 3 atom stereocenters. The van der Waals surface area contributed by atoms with Crippen LogP contribution in [0.3, 0.4) is 0 Å². The van der Waals surface area contributed by atoms with Crippen LogP contribution in [0.5, 0.6) is 0 Å². The van der Waals surface area contributed by atoms with Gasteiger partial charge in [-0.25, -0.2) is 0 Å². The predicted octanol–water partition coefficient (Wildman–Crippen LogP) is 1.56. The van der Waals surface area contributed by atoms with Crippen molar-refractivity contribution in [2.45, 2.75) is 39.7 Å². The van der Waals surface area contributed by atoms with Gasteiger partial charge in [0.2, 0.25) is 5.91 Å². The van der Waals surface area contributed by atoms with Gasteiger partial charge in [0.15, 0.2) is 0 Å². The highest BCUT2D eigenvalue weighted by Crippen LogP contribution is 2.55. The summed E-state index contributed by atoms with van der Waals surface area (Å²) in [4.78, 5) is 11.4. The van der Waals surface area contributed by atoms with Crippen LogP contribution in [-0.4, -0.2) is 11.9 Å². The van der Waals surface area contributed by atoms with Crippen LogP contribution in [-0.2, 0) is 4.79 Å². The summed E-state index contributed by atoms with van der Waals surface area (Å²) in [5, 5.41) is 3.12. The third-order valence-electron chi connectivity index (χ3n) is 3.71. The number of fused-ring (bicyclic) bond motifs is 1. The van der Waals surface area contributed by atoms with Gasteiger partial charge in [0.05, 0.1) is 0 Å². The molecule has 1 saturated heterocycles. The molecule has 1 saturated carbocycles. The lowest BCUT2D eigenvalue weighted by molar-refractivity contribution is -0.124. The molecule has 0 radical (unpaired) electrons. The van der Waals surface area contributed by atoms with Crippen LogP contribution < -0.4 is 5.32 Å². The third kappa shape index (κ3) is 0.970. The van der Waals surface area contributed by atoms with Crippen molar-refractivity contribution in [2.24, 2.45) is 17.3 Å². The highest BCUT2D eigenvalue weighted by atomic mass is 16.2. The molecule has 0 bridgehead atoms. The monoisotopic (exact) mass is 167 g/mol. The van der Waals surface area contributed by atoms with Crippen molar-refractivity contribution in [1.29, 1.82) is 0 Å². The Morgan fingerprint density at radius 1 is 1.42 bits per heavy atom. The molecule has 12 heavy (non-hydrogen) atoms. The van der Waals surface area contributed by atoms with Crippen molar-refractivity contribution < 1.29 is 4.79 Å². The second kappa shape index (κ2) is 2.24. The largest absolute Gasteiger partial charge is 0.352 e. The van der Waals surface area contributed by atoms with Gasteiger partial charge in [-0.3, -0.25) is 4.79 Å². The zero-order valence-corrected chi connectivity index (χ0v) is 8.05. The van der Waals surface area contributed by atoms with Gasteiger partial charge in [-0.1, -0.05) is 20.8 Å². The standard InChI is InChI=1S/C10H17NO/c1-6-4-5-7-8(10(7,2)3)11-9(6)12/h6-8H,4-5H2,1-3H3,(H,11,12). The van der Waals surface area contributed by atoms with E-state index in [0.29, 0.717) is 11.5 Å². The number of rotatable bonds is 0. The molecule has 1 aliphatic carbocycles. The van der Waals surface area contributed by atoms with E-state index in [1.807, 2.05) is 6.92 Å². The maximum Gasteiger partial charge on any atom is 0.223 e. The highest BCUT2D eigenvalue weighted by molar-refractivity contribution is 5.79. The normalized spacial score (nSPS) is 44.2. The van der Waals surface area contributed by atoms with E-state index in [2.05, 4.69) is 19.2 Å². The number of hydrogen-bond donors (Lipinski definition) is 1. The Labute approximate surface area is 73.7 Å². The zero-order chi connectivity index (χ0) is 8.93. The molecule has 0 aromatic carbocycles. The second-order valence-corrected chi connectivity index (χ2v) is 4.89. The van der Waals surface area contributed by atoms with E-state index in [0.717, 1.165) is 12.3 Å². The van der Waals surface area contributed by atoms with Crippen molar-refractivity contribution in [3.8, 4) is 0 Å². The lowest BCUT2D eigenvalue weighted by atomic mass is 9.99. The maximum absolute atomic E-state index is 11.4. The molecular weight excluding hydrogens is 150 g/mol. The minimum Gasteiger partial charge on any atom is -0.352 e. The van der Waals surface area contributed by atoms with Crippen LogP contribution in [0.4, 0.5) is 0 Å². The second-order valence-electron chi connectivity index (χ2n) is 4.89. The van der Waals surface area contributed by atoms with Crippen LogP contribution in [0.1, 0.15) is 33.6 Å². The van der Waals surface area contributed by atoms with Crippen molar-refractivity contribution >= 4 is 5.91 Å². The summed E-state index contributed by atoms with van der Waals surface area (Å²) in [5.74, 6) is 1.23. The molecular formula is C10H17NO. The lowest BCUT2D eigenvalue weighted by Crippen LogP contribution is -2.32. The topological polar surface area (TPSA) is 29.1 Å². The van der Waals surface area contributed by atoms with Gasteiger partial charge < -0.3 is 5.32 Å². The van der Waals surface area contributed by atoms with Gasteiger partial charge in [0.1, 0.15) is 0 Å². The zero-order valence-electron chi connectivity index (χ0n) is 8.05.